The van der Waals surface area contributed by atoms with E-state index in [2.05, 4.69) is 15.1 Å². The predicted molar refractivity (Wildman–Crippen MR) is 94.2 cm³/mol. The molecule has 0 aliphatic rings. The summed E-state index contributed by atoms with van der Waals surface area (Å²) in [4.78, 5) is 8.29. The van der Waals surface area contributed by atoms with Gasteiger partial charge in [0, 0.05) is 36.0 Å². The van der Waals surface area contributed by atoms with E-state index in [1.165, 1.54) is 0 Å². The Morgan fingerprint density at radius 2 is 1.77 bits per heavy atom. The summed E-state index contributed by atoms with van der Waals surface area (Å²) in [6, 6.07) is 12.0. The van der Waals surface area contributed by atoms with E-state index in [1.807, 2.05) is 36.4 Å². The van der Waals surface area contributed by atoms with Gasteiger partial charge in [-0.15, -0.1) is 0 Å². The summed E-state index contributed by atoms with van der Waals surface area (Å²) in [7, 11) is 5.22. The lowest BCUT2D eigenvalue weighted by Gasteiger charge is -1.98. The summed E-state index contributed by atoms with van der Waals surface area (Å²) in [5.41, 5.74) is 3.00. The molecule has 112 valence electrons. The Kier molecular flexibility index (Phi) is 5.80. The van der Waals surface area contributed by atoms with Crippen molar-refractivity contribution in [2.24, 2.45) is 0 Å². The lowest BCUT2D eigenvalue weighted by molar-refractivity contribution is 0.426. The third-order valence-corrected chi connectivity index (χ3v) is 6.78. The second kappa shape index (κ2) is 8.26. The first-order valence-corrected chi connectivity index (χ1v) is 10.4. The summed E-state index contributed by atoms with van der Waals surface area (Å²) < 4.78 is 5.38. The molecular formula is C15H13N3OS3. The van der Waals surface area contributed by atoms with Gasteiger partial charge in [0.2, 0.25) is 0 Å². The van der Waals surface area contributed by atoms with E-state index in [4.69, 9.17) is 4.52 Å². The van der Waals surface area contributed by atoms with Crippen molar-refractivity contribution in [1.29, 1.82) is 0 Å². The molecule has 3 rings (SSSR count). The van der Waals surface area contributed by atoms with Gasteiger partial charge in [0.25, 0.3) is 0 Å². The van der Waals surface area contributed by atoms with Gasteiger partial charge in [-0.2, -0.15) is 0 Å². The molecule has 22 heavy (non-hydrogen) atoms. The number of hydrogen-bond acceptors (Lipinski definition) is 7. The van der Waals surface area contributed by atoms with E-state index < -0.39 is 0 Å². The maximum Gasteiger partial charge on any atom is 0.167 e. The van der Waals surface area contributed by atoms with Crippen molar-refractivity contribution in [3.05, 3.63) is 66.4 Å². The minimum atomic E-state index is 0.813. The molecule has 2 heterocycles. The van der Waals surface area contributed by atoms with Crippen LogP contribution in [0.1, 0.15) is 11.4 Å². The molecule has 0 unspecified atom stereocenters. The van der Waals surface area contributed by atoms with Crippen molar-refractivity contribution in [2.45, 2.75) is 11.5 Å². The number of hydrogen-bond donors (Lipinski definition) is 0. The van der Waals surface area contributed by atoms with Crippen LogP contribution in [-0.4, -0.2) is 15.1 Å². The first-order chi connectivity index (χ1) is 10.9. The predicted octanol–water partition coefficient (Wildman–Crippen LogP) is 4.86. The monoisotopic (exact) mass is 347 g/mol. The third-order valence-electron chi connectivity index (χ3n) is 2.74. The molecule has 0 aliphatic carbocycles. The smallest absolute Gasteiger partial charge is 0.167 e. The van der Waals surface area contributed by atoms with Gasteiger partial charge in [-0.3, -0.25) is 9.97 Å². The first kappa shape index (κ1) is 15.5. The molecule has 1 aromatic carbocycles. The summed E-state index contributed by atoms with van der Waals surface area (Å²) in [5, 5.41) is 4.11. The molecular weight excluding hydrogens is 334 g/mol. The summed E-state index contributed by atoms with van der Waals surface area (Å²) in [6.45, 7) is 0. The van der Waals surface area contributed by atoms with Crippen molar-refractivity contribution in [2.75, 3.05) is 0 Å². The molecule has 0 aliphatic heterocycles. The van der Waals surface area contributed by atoms with Crippen LogP contribution in [0.2, 0.25) is 0 Å². The van der Waals surface area contributed by atoms with Crippen LogP contribution in [0.3, 0.4) is 0 Å². The minimum Gasteiger partial charge on any atom is -0.356 e. The zero-order valence-electron chi connectivity index (χ0n) is 11.6. The molecule has 0 saturated heterocycles. The molecule has 0 saturated carbocycles. The molecule has 4 nitrogen and oxygen atoms in total. The lowest BCUT2D eigenvalue weighted by atomic mass is 10.2. The fraction of sp³-hybridized carbons (Fsp3) is 0.133. The van der Waals surface area contributed by atoms with Gasteiger partial charge in [0.15, 0.2) is 5.76 Å². The van der Waals surface area contributed by atoms with Crippen LogP contribution in [0.5, 0.6) is 0 Å². The van der Waals surface area contributed by atoms with Gasteiger partial charge in [0.05, 0.1) is 17.1 Å². The normalized spacial score (nSPS) is 10.7. The van der Waals surface area contributed by atoms with E-state index in [-0.39, 0.29) is 0 Å². The maximum atomic E-state index is 5.38. The average molecular weight is 347 g/mol. The van der Waals surface area contributed by atoms with E-state index in [0.717, 1.165) is 34.2 Å². The standard InChI is InChI=1S/C15H13N3OS3/c1-2-4-12(5-3-1)15-8-13(18-19-15)10-20-22-21-11-14-9-16-6-7-17-14/h1-9H,10-11H2. The second-order valence-corrected chi connectivity index (χ2v) is 8.57. The van der Waals surface area contributed by atoms with Gasteiger partial charge < -0.3 is 4.52 Å². The van der Waals surface area contributed by atoms with Crippen LogP contribution in [0.25, 0.3) is 11.3 Å². The van der Waals surface area contributed by atoms with Crippen molar-refractivity contribution in [3.8, 4) is 11.3 Å². The Morgan fingerprint density at radius 3 is 2.55 bits per heavy atom. The zero-order valence-corrected chi connectivity index (χ0v) is 14.0. The van der Waals surface area contributed by atoms with Crippen molar-refractivity contribution < 1.29 is 4.52 Å². The van der Waals surface area contributed by atoms with E-state index in [1.54, 1.807) is 50.0 Å². The van der Waals surface area contributed by atoms with Crippen molar-refractivity contribution in [3.63, 3.8) is 0 Å². The molecule has 0 radical (unpaired) electrons. The molecule has 0 spiro atoms. The first-order valence-electron chi connectivity index (χ1n) is 6.59. The molecule has 7 heteroatoms. The minimum absolute atomic E-state index is 0.813. The fourth-order valence-electron chi connectivity index (χ4n) is 1.73. The Hall–Kier alpha value is -1.44. The SMILES string of the molecule is c1ccc(-c2cc(CSSSCc3cnccn3)no2)cc1. The third kappa shape index (κ3) is 4.53. The highest BCUT2D eigenvalue weighted by molar-refractivity contribution is 9.09. The van der Waals surface area contributed by atoms with Crippen molar-refractivity contribution in [1.82, 2.24) is 15.1 Å². The van der Waals surface area contributed by atoms with Gasteiger partial charge in [-0.25, -0.2) is 0 Å². The van der Waals surface area contributed by atoms with E-state index >= 15 is 0 Å². The fourth-order valence-corrected chi connectivity index (χ4v) is 5.11. The number of aromatic nitrogens is 3. The maximum absolute atomic E-state index is 5.38. The molecule has 0 fully saturated rings. The lowest BCUT2D eigenvalue weighted by Crippen LogP contribution is -1.84. The van der Waals surface area contributed by atoms with Crippen LogP contribution in [-0.2, 0) is 11.5 Å². The highest BCUT2D eigenvalue weighted by Gasteiger charge is 2.06. The van der Waals surface area contributed by atoms with Gasteiger partial charge in [-0.1, -0.05) is 57.1 Å². The highest BCUT2D eigenvalue weighted by atomic mass is 33.5. The van der Waals surface area contributed by atoms with Crippen LogP contribution in [0.15, 0.2) is 59.5 Å². The van der Waals surface area contributed by atoms with Crippen LogP contribution in [0.4, 0.5) is 0 Å². The average Bonchev–Trinajstić information content (AvgIpc) is 3.05. The van der Waals surface area contributed by atoms with E-state index in [0.29, 0.717) is 0 Å². The molecule has 0 bridgehead atoms. The molecule has 0 amide bonds. The molecule has 0 atom stereocenters. The largest absolute Gasteiger partial charge is 0.356 e. The highest BCUT2D eigenvalue weighted by Crippen LogP contribution is 2.38. The topological polar surface area (TPSA) is 51.8 Å². The quantitative estimate of drug-likeness (QED) is 0.447. The van der Waals surface area contributed by atoms with Crippen LogP contribution in [0, 0.1) is 0 Å². The second-order valence-electron chi connectivity index (χ2n) is 4.34. The Labute approximate surface area is 140 Å². The number of nitrogens with zero attached hydrogens (tertiary/aromatic N) is 3. The summed E-state index contributed by atoms with van der Waals surface area (Å²) >= 11 is 0. The molecule has 2 aromatic heterocycles. The molecule has 3 aromatic rings. The van der Waals surface area contributed by atoms with Crippen LogP contribution >= 0.6 is 31.4 Å². The van der Waals surface area contributed by atoms with E-state index in [9.17, 15) is 0 Å². The zero-order chi connectivity index (χ0) is 15.0. The Morgan fingerprint density at radius 1 is 0.955 bits per heavy atom. The number of benzene rings is 1. The summed E-state index contributed by atoms with van der Waals surface area (Å²) in [6.07, 6.45) is 5.20. The Bertz CT molecular complexity index is 692. The number of rotatable bonds is 7. The molecule has 0 N–H and O–H groups in total. The van der Waals surface area contributed by atoms with Gasteiger partial charge in [-0.05, 0) is 9.83 Å². The van der Waals surface area contributed by atoms with Gasteiger partial charge >= 0.3 is 0 Å². The summed E-state index contributed by atoms with van der Waals surface area (Å²) in [5.74, 6) is 2.47. The van der Waals surface area contributed by atoms with Crippen molar-refractivity contribution >= 4 is 31.4 Å². The van der Waals surface area contributed by atoms with Gasteiger partial charge in [0.1, 0.15) is 0 Å². The van der Waals surface area contributed by atoms with Crippen LogP contribution < -0.4 is 0 Å². The Balaban J connectivity index is 1.42.